The predicted molar refractivity (Wildman–Crippen MR) is 82.6 cm³/mol. The van der Waals surface area contributed by atoms with Gasteiger partial charge in [-0.25, -0.2) is 18.4 Å². The molecule has 6 nitrogen and oxygen atoms in total. The van der Waals surface area contributed by atoms with Crippen molar-refractivity contribution in [3.05, 3.63) is 46.2 Å². The molecular formula is C14H15NO5S2. The molecule has 0 saturated carbocycles. The Morgan fingerprint density at radius 1 is 1.27 bits per heavy atom. The third kappa shape index (κ3) is 4.30. The molecule has 118 valence electrons. The fraction of sp³-hybridized carbons (Fsp3) is 0.214. The Hall–Kier alpha value is -1.90. The monoisotopic (exact) mass is 341 g/mol. The molecule has 2 rings (SSSR count). The van der Waals surface area contributed by atoms with Crippen LogP contribution in [0, 0.1) is 6.92 Å². The molecule has 0 unspecified atom stereocenters. The number of thiophene rings is 1. The van der Waals surface area contributed by atoms with Gasteiger partial charge in [0.1, 0.15) is 28.7 Å². The van der Waals surface area contributed by atoms with E-state index in [4.69, 9.17) is 14.6 Å². The summed E-state index contributed by atoms with van der Waals surface area (Å²) in [5.74, 6) is -0.0516. The molecule has 0 radical (unpaired) electrons. The van der Waals surface area contributed by atoms with Gasteiger partial charge >= 0.3 is 5.97 Å². The number of hydrogen-bond acceptors (Lipinski definition) is 6. The maximum atomic E-state index is 11.9. The predicted octanol–water partition coefficient (Wildman–Crippen LogP) is 1.94. The van der Waals surface area contributed by atoms with E-state index >= 15 is 0 Å². The maximum Gasteiger partial charge on any atom is 0.349 e. The number of esters is 1. The number of hydrogen-bond donors (Lipinski definition) is 1. The van der Waals surface area contributed by atoms with Gasteiger partial charge in [-0.3, -0.25) is 0 Å². The van der Waals surface area contributed by atoms with Crippen molar-refractivity contribution in [3.8, 4) is 5.75 Å². The van der Waals surface area contributed by atoms with Gasteiger partial charge in [0.05, 0.1) is 0 Å². The fourth-order valence-electron chi connectivity index (χ4n) is 1.73. The Morgan fingerprint density at radius 2 is 2.05 bits per heavy atom. The fourth-order valence-corrected chi connectivity index (χ4v) is 3.59. The van der Waals surface area contributed by atoms with Crippen molar-refractivity contribution in [3.63, 3.8) is 0 Å². The highest BCUT2D eigenvalue weighted by atomic mass is 32.2. The van der Waals surface area contributed by atoms with Crippen LogP contribution < -0.4 is 9.88 Å². The molecule has 2 N–H and O–H groups in total. The minimum Gasteiger partial charge on any atom is -0.490 e. The summed E-state index contributed by atoms with van der Waals surface area (Å²) in [6.45, 7) is 2.12. The summed E-state index contributed by atoms with van der Waals surface area (Å²) in [5.41, 5.74) is 1.06. The molecule has 0 amide bonds. The molecular weight excluding hydrogens is 326 g/mol. The van der Waals surface area contributed by atoms with Crippen molar-refractivity contribution in [1.82, 2.24) is 0 Å². The van der Waals surface area contributed by atoms with E-state index < -0.39 is 16.0 Å². The van der Waals surface area contributed by atoms with Gasteiger partial charge in [-0.1, -0.05) is 12.1 Å². The Balaban J connectivity index is 1.88. The van der Waals surface area contributed by atoms with Gasteiger partial charge < -0.3 is 9.47 Å². The number of carbonyl (C=O) groups excluding carboxylic acids is 1. The summed E-state index contributed by atoms with van der Waals surface area (Å²) < 4.78 is 33.1. The van der Waals surface area contributed by atoms with Crippen molar-refractivity contribution in [2.75, 3.05) is 13.2 Å². The van der Waals surface area contributed by atoms with Crippen LogP contribution in [0.1, 0.15) is 15.2 Å². The summed E-state index contributed by atoms with van der Waals surface area (Å²) in [4.78, 5) is 11.6. The van der Waals surface area contributed by atoms with E-state index in [0.29, 0.717) is 5.75 Å². The molecule has 0 aliphatic rings. The second kappa shape index (κ2) is 6.91. The third-order valence-corrected chi connectivity index (χ3v) is 4.67. The molecule has 22 heavy (non-hydrogen) atoms. The quantitative estimate of drug-likeness (QED) is 0.640. The van der Waals surface area contributed by atoms with E-state index in [1.807, 2.05) is 25.1 Å². The van der Waals surface area contributed by atoms with Crippen LogP contribution in [-0.4, -0.2) is 27.6 Å². The number of rotatable bonds is 6. The molecule has 0 atom stereocenters. The topological polar surface area (TPSA) is 95.7 Å². The van der Waals surface area contributed by atoms with E-state index in [2.05, 4.69) is 0 Å². The molecule has 0 fully saturated rings. The van der Waals surface area contributed by atoms with Gasteiger partial charge in [0.15, 0.2) is 0 Å². The molecule has 2 aromatic rings. The Morgan fingerprint density at radius 3 is 2.73 bits per heavy atom. The van der Waals surface area contributed by atoms with Gasteiger partial charge in [-0.2, -0.15) is 0 Å². The number of sulfonamides is 1. The van der Waals surface area contributed by atoms with E-state index in [0.717, 1.165) is 16.9 Å². The molecule has 1 heterocycles. The van der Waals surface area contributed by atoms with Crippen LogP contribution in [0.2, 0.25) is 0 Å². The smallest absolute Gasteiger partial charge is 0.349 e. The van der Waals surface area contributed by atoms with E-state index in [9.17, 15) is 13.2 Å². The lowest BCUT2D eigenvalue weighted by Gasteiger charge is -2.08. The highest BCUT2D eigenvalue weighted by Gasteiger charge is 2.21. The largest absolute Gasteiger partial charge is 0.490 e. The van der Waals surface area contributed by atoms with Crippen LogP contribution in [0.25, 0.3) is 0 Å². The average molecular weight is 341 g/mol. The normalized spacial score (nSPS) is 11.2. The summed E-state index contributed by atoms with van der Waals surface area (Å²) in [6, 6.07) is 8.74. The van der Waals surface area contributed by atoms with Crippen molar-refractivity contribution in [2.45, 2.75) is 11.8 Å². The number of carbonyl (C=O) groups is 1. The first-order valence-electron chi connectivity index (χ1n) is 6.35. The number of aryl methyl sites for hydroxylation is 1. The molecule has 0 saturated heterocycles. The van der Waals surface area contributed by atoms with Crippen LogP contribution in [0.3, 0.4) is 0 Å². The van der Waals surface area contributed by atoms with E-state index in [-0.39, 0.29) is 23.0 Å². The highest BCUT2D eigenvalue weighted by molar-refractivity contribution is 7.89. The standard InChI is InChI=1S/C14H15NO5S2/c1-10-3-2-4-11(9-10)19-6-7-20-14(16)13-12(5-8-21-13)22(15,17)18/h2-5,8-9H,6-7H2,1H3,(H2,15,17,18). The van der Waals surface area contributed by atoms with Crippen molar-refractivity contribution in [2.24, 2.45) is 5.14 Å². The second-order valence-corrected chi connectivity index (χ2v) is 6.91. The number of primary sulfonamides is 1. The van der Waals surface area contributed by atoms with Gasteiger partial charge in [0.2, 0.25) is 10.0 Å². The molecule has 1 aromatic heterocycles. The highest BCUT2D eigenvalue weighted by Crippen LogP contribution is 2.21. The van der Waals surface area contributed by atoms with Crippen molar-refractivity contribution in [1.29, 1.82) is 0 Å². The third-order valence-electron chi connectivity index (χ3n) is 2.70. The zero-order valence-electron chi connectivity index (χ0n) is 11.8. The van der Waals surface area contributed by atoms with Crippen LogP contribution in [0.15, 0.2) is 40.6 Å². The van der Waals surface area contributed by atoms with Gasteiger partial charge in [-0.05, 0) is 36.1 Å². The SMILES string of the molecule is Cc1cccc(OCCOC(=O)c2sccc2S(N)(=O)=O)c1. The van der Waals surface area contributed by atoms with Crippen LogP contribution >= 0.6 is 11.3 Å². The summed E-state index contributed by atoms with van der Waals surface area (Å²) in [6.07, 6.45) is 0. The second-order valence-electron chi connectivity index (χ2n) is 4.46. The Labute approximate surface area is 132 Å². The summed E-state index contributed by atoms with van der Waals surface area (Å²) in [7, 11) is -3.94. The van der Waals surface area contributed by atoms with Crippen LogP contribution in [-0.2, 0) is 14.8 Å². The lowest BCUT2D eigenvalue weighted by molar-refractivity contribution is 0.0452. The number of nitrogens with two attached hydrogens (primary N) is 1. The lowest BCUT2D eigenvalue weighted by Crippen LogP contribution is -2.17. The van der Waals surface area contributed by atoms with Crippen molar-refractivity contribution < 1.29 is 22.7 Å². The van der Waals surface area contributed by atoms with E-state index in [1.165, 1.54) is 11.4 Å². The zero-order chi connectivity index (χ0) is 16.2. The van der Waals surface area contributed by atoms with Crippen LogP contribution in [0.5, 0.6) is 5.75 Å². The first kappa shape index (κ1) is 16.5. The zero-order valence-corrected chi connectivity index (χ0v) is 13.4. The first-order valence-corrected chi connectivity index (χ1v) is 8.77. The molecule has 0 aliphatic heterocycles. The first-order chi connectivity index (χ1) is 10.4. The Bertz CT molecular complexity index is 767. The van der Waals surface area contributed by atoms with Crippen molar-refractivity contribution >= 4 is 27.3 Å². The molecule has 0 bridgehead atoms. The summed E-state index contributed by atoms with van der Waals surface area (Å²) in [5, 5.41) is 6.50. The molecule has 1 aromatic carbocycles. The molecule has 0 aliphatic carbocycles. The van der Waals surface area contributed by atoms with Gasteiger partial charge in [-0.15, -0.1) is 11.3 Å². The van der Waals surface area contributed by atoms with Gasteiger partial charge in [0.25, 0.3) is 0 Å². The average Bonchev–Trinajstić information content (AvgIpc) is 2.93. The lowest BCUT2D eigenvalue weighted by atomic mass is 10.2. The number of benzene rings is 1. The van der Waals surface area contributed by atoms with Gasteiger partial charge in [0, 0.05) is 0 Å². The minimum atomic E-state index is -3.94. The number of ether oxygens (including phenoxy) is 2. The maximum absolute atomic E-state index is 11.9. The van der Waals surface area contributed by atoms with E-state index in [1.54, 1.807) is 6.07 Å². The minimum absolute atomic E-state index is 0.00866. The molecule has 0 spiro atoms. The molecule has 8 heteroatoms. The van der Waals surface area contributed by atoms with Crippen LogP contribution in [0.4, 0.5) is 0 Å². The summed E-state index contributed by atoms with van der Waals surface area (Å²) >= 11 is 0.966. The Kier molecular flexibility index (Phi) is 5.17.